The number of aromatic nitrogens is 2. The van der Waals surface area contributed by atoms with Crippen molar-refractivity contribution >= 4 is 16.7 Å². The van der Waals surface area contributed by atoms with Crippen LogP contribution in [0.4, 0.5) is 5.69 Å². The summed E-state index contributed by atoms with van der Waals surface area (Å²) < 4.78 is 2.12. The summed E-state index contributed by atoms with van der Waals surface area (Å²) in [5.74, 6) is 1.05. The van der Waals surface area contributed by atoms with Crippen molar-refractivity contribution in [2.24, 2.45) is 12.8 Å². The number of hydrogen-bond acceptors (Lipinski definition) is 3. The summed E-state index contributed by atoms with van der Waals surface area (Å²) in [6.45, 7) is 5.12. The molecule has 0 saturated heterocycles. The summed E-state index contributed by atoms with van der Waals surface area (Å²) in [5, 5.41) is 0. The van der Waals surface area contributed by atoms with E-state index in [2.05, 4.69) is 53.7 Å². The number of benzene rings is 1. The third kappa shape index (κ3) is 3.07. The maximum atomic E-state index is 5.78. The molecule has 2 rings (SSSR count). The van der Waals surface area contributed by atoms with Crippen molar-refractivity contribution < 1.29 is 0 Å². The molecule has 0 aliphatic carbocycles. The van der Waals surface area contributed by atoms with E-state index < -0.39 is 0 Å². The van der Waals surface area contributed by atoms with Gasteiger partial charge in [-0.3, -0.25) is 0 Å². The fourth-order valence-electron chi connectivity index (χ4n) is 2.33. The number of aryl methyl sites for hydroxylation is 2. The average molecular weight is 260 g/mol. The molecule has 4 nitrogen and oxygen atoms in total. The van der Waals surface area contributed by atoms with E-state index in [-0.39, 0.29) is 6.04 Å². The highest BCUT2D eigenvalue weighted by Crippen LogP contribution is 2.21. The fraction of sp³-hybridized carbons (Fsp3) is 0.533. The Morgan fingerprint density at radius 1 is 1.42 bits per heavy atom. The van der Waals surface area contributed by atoms with E-state index in [9.17, 15) is 0 Å². The third-order valence-electron chi connectivity index (χ3n) is 3.68. The quantitative estimate of drug-likeness (QED) is 0.898. The molecule has 4 heteroatoms. The highest BCUT2D eigenvalue weighted by molar-refractivity contribution is 5.80. The molecule has 1 atom stereocenters. The molecule has 104 valence electrons. The summed E-state index contributed by atoms with van der Waals surface area (Å²) in [5.41, 5.74) is 9.25. The van der Waals surface area contributed by atoms with E-state index in [0.717, 1.165) is 30.7 Å². The lowest BCUT2D eigenvalue weighted by Crippen LogP contribution is -2.22. The first-order valence-corrected chi connectivity index (χ1v) is 6.89. The number of imidazole rings is 1. The Labute approximate surface area is 115 Å². The van der Waals surface area contributed by atoms with Crippen LogP contribution in [0.25, 0.3) is 11.0 Å². The Kier molecular flexibility index (Phi) is 4.10. The standard InChI is InChI=1S/C15H24N4/c1-11(16)6-5-9-18(3)13-7-8-15-14(10-13)17-12(2)19(15)4/h7-8,10-11H,5-6,9,16H2,1-4H3. The second-order valence-corrected chi connectivity index (χ2v) is 5.43. The molecule has 0 radical (unpaired) electrons. The summed E-state index contributed by atoms with van der Waals surface area (Å²) in [4.78, 5) is 6.85. The Morgan fingerprint density at radius 2 is 2.16 bits per heavy atom. The monoisotopic (exact) mass is 260 g/mol. The second-order valence-electron chi connectivity index (χ2n) is 5.43. The summed E-state index contributed by atoms with van der Waals surface area (Å²) in [6, 6.07) is 6.75. The first-order valence-electron chi connectivity index (χ1n) is 6.89. The minimum atomic E-state index is 0.286. The van der Waals surface area contributed by atoms with E-state index >= 15 is 0 Å². The van der Waals surface area contributed by atoms with Gasteiger partial charge in [-0.2, -0.15) is 0 Å². The van der Waals surface area contributed by atoms with Crippen LogP contribution in [0.5, 0.6) is 0 Å². The van der Waals surface area contributed by atoms with Crippen LogP contribution in [-0.4, -0.2) is 29.2 Å². The van der Waals surface area contributed by atoms with E-state index in [4.69, 9.17) is 5.73 Å². The van der Waals surface area contributed by atoms with E-state index in [1.165, 1.54) is 11.2 Å². The maximum Gasteiger partial charge on any atom is 0.106 e. The normalized spacial score (nSPS) is 12.9. The largest absolute Gasteiger partial charge is 0.375 e. The number of anilines is 1. The zero-order valence-corrected chi connectivity index (χ0v) is 12.3. The van der Waals surface area contributed by atoms with Crippen molar-refractivity contribution in [2.45, 2.75) is 32.7 Å². The van der Waals surface area contributed by atoms with Crippen LogP contribution in [0.2, 0.25) is 0 Å². The van der Waals surface area contributed by atoms with Crippen LogP contribution < -0.4 is 10.6 Å². The number of nitrogens with two attached hydrogens (primary N) is 1. The minimum Gasteiger partial charge on any atom is -0.375 e. The van der Waals surface area contributed by atoms with Crippen molar-refractivity contribution in [1.82, 2.24) is 9.55 Å². The first-order chi connectivity index (χ1) is 8.99. The van der Waals surface area contributed by atoms with E-state index in [1.807, 2.05) is 6.92 Å². The molecule has 0 amide bonds. The molecule has 1 aromatic heterocycles. The van der Waals surface area contributed by atoms with Crippen molar-refractivity contribution in [3.8, 4) is 0 Å². The van der Waals surface area contributed by atoms with Gasteiger partial charge in [0, 0.05) is 32.4 Å². The summed E-state index contributed by atoms with van der Waals surface area (Å²) >= 11 is 0. The van der Waals surface area contributed by atoms with Crippen molar-refractivity contribution in [1.29, 1.82) is 0 Å². The lowest BCUT2D eigenvalue weighted by Gasteiger charge is -2.19. The molecule has 2 N–H and O–H groups in total. The number of fused-ring (bicyclic) bond motifs is 1. The number of nitrogens with zero attached hydrogens (tertiary/aromatic N) is 3. The summed E-state index contributed by atoms with van der Waals surface area (Å²) in [7, 11) is 4.18. The topological polar surface area (TPSA) is 47.1 Å². The predicted octanol–water partition coefficient (Wildman–Crippen LogP) is 2.45. The van der Waals surface area contributed by atoms with Gasteiger partial charge in [0.15, 0.2) is 0 Å². The van der Waals surface area contributed by atoms with Crippen molar-refractivity contribution in [2.75, 3.05) is 18.5 Å². The molecule has 1 heterocycles. The minimum absolute atomic E-state index is 0.286. The highest BCUT2D eigenvalue weighted by Gasteiger charge is 2.07. The van der Waals surface area contributed by atoms with Gasteiger partial charge in [0.1, 0.15) is 5.82 Å². The Bertz CT molecular complexity index is 557. The zero-order chi connectivity index (χ0) is 14.0. The smallest absolute Gasteiger partial charge is 0.106 e. The number of rotatable bonds is 5. The zero-order valence-electron chi connectivity index (χ0n) is 12.3. The Balaban J connectivity index is 2.12. The molecule has 0 aliphatic heterocycles. The van der Waals surface area contributed by atoms with E-state index in [1.54, 1.807) is 0 Å². The number of hydrogen-bond donors (Lipinski definition) is 1. The van der Waals surface area contributed by atoms with Crippen LogP contribution in [0.15, 0.2) is 18.2 Å². The second kappa shape index (κ2) is 5.61. The van der Waals surface area contributed by atoms with Gasteiger partial charge in [0.25, 0.3) is 0 Å². The molecule has 1 unspecified atom stereocenters. The lowest BCUT2D eigenvalue weighted by molar-refractivity contribution is 0.622. The van der Waals surface area contributed by atoms with Crippen LogP contribution in [-0.2, 0) is 7.05 Å². The average Bonchev–Trinajstić information content (AvgIpc) is 2.64. The molecule has 2 aromatic rings. The lowest BCUT2D eigenvalue weighted by atomic mass is 10.2. The molecule has 0 saturated carbocycles. The molecule has 0 aliphatic rings. The van der Waals surface area contributed by atoms with Crippen LogP contribution in [0.3, 0.4) is 0 Å². The van der Waals surface area contributed by atoms with Crippen LogP contribution >= 0.6 is 0 Å². The first kappa shape index (κ1) is 13.9. The molecule has 0 fully saturated rings. The van der Waals surface area contributed by atoms with Gasteiger partial charge in [0.05, 0.1) is 11.0 Å². The summed E-state index contributed by atoms with van der Waals surface area (Å²) in [6.07, 6.45) is 2.18. The molecule has 19 heavy (non-hydrogen) atoms. The highest BCUT2D eigenvalue weighted by atomic mass is 15.1. The van der Waals surface area contributed by atoms with Gasteiger partial charge in [-0.1, -0.05) is 0 Å². The third-order valence-corrected chi connectivity index (χ3v) is 3.68. The molecule has 1 aromatic carbocycles. The van der Waals surface area contributed by atoms with Gasteiger partial charge >= 0.3 is 0 Å². The Morgan fingerprint density at radius 3 is 2.84 bits per heavy atom. The molecule has 0 bridgehead atoms. The van der Waals surface area contributed by atoms with Gasteiger partial charge in [-0.05, 0) is 44.9 Å². The van der Waals surface area contributed by atoms with E-state index in [0.29, 0.717) is 0 Å². The maximum absolute atomic E-state index is 5.78. The van der Waals surface area contributed by atoms with Gasteiger partial charge in [-0.25, -0.2) is 4.98 Å². The van der Waals surface area contributed by atoms with Crippen LogP contribution in [0.1, 0.15) is 25.6 Å². The SMILES string of the molecule is Cc1nc2cc(N(C)CCCC(C)N)ccc2n1C. The van der Waals surface area contributed by atoms with Gasteiger partial charge in [0.2, 0.25) is 0 Å². The predicted molar refractivity (Wildman–Crippen MR) is 81.6 cm³/mol. The molecular weight excluding hydrogens is 236 g/mol. The molecular formula is C15H24N4. The van der Waals surface area contributed by atoms with Gasteiger partial charge in [-0.15, -0.1) is 0 Å². The molecule has 0 spiro atoms. The van der Waals surface area contributed by atoms with Crippen molar-refractivity contribution in [3.63, 3.8) is 0 Å². The van der Waals surface area contributed by atoms with Crippen LogP contribution in [0, 0.1) is 6.92 Å². The van der Waals surface area contributed by atoms with Crippen molar-refractivity contribution in [3.05, 3.63) is 24.0 Å². The fourth-order valence-corrected chi connectivity index (χ4v) is 2.33. The van der Waals surface area contributed by atoms with Gasteiger partial charge < -0.3 is 15.2 Å². The Hall–Kier alpha value is -1.55.